The van der Waals surface area contributed by atoms with Crippen LogP contribution < -0.4 is 19.5 Å². The number of ether oxygens (including phenoxy) is 3. The maximum Gasteiger partial charge on any atom is 0.187 e. The molecule has 0 atom stereocenters. The van der Waals surface area contributed by atoms with Crippen molar-refractivity contribution < 1.29 is 18.6 Å². The van der Waals surface area contributed by atoms with Gasteiger partial charge in [-0.25, -0.2) is 9.37 Å². The maximum atomic E-state index is 14.9. The van der Waals surface area contributed by atoms with Crippen LogP contribution in [-0.4, -0.2) is 55.3 Å². The summed E-state index contributed by atoms with van der Waals surface area (Å²) >= 11 is 1.49. The molecule has 172 valence electrons. The summed E-state index contributed by atoms with van der Waals surface area (Å²) in [5.41, 5.74) is 1.19. The predicted octanol–water partition coefficient (Wildman–Crippen LogP) is 5.30. The van der Waals surface area contributed by atoms with Crippen LogP contribution in [0.5, 0.6) is 23.0 Å². The van der Waals surface area contributed by atoms with E-state index < -0.39 is 5.82 Å². The van der Waals surface area contributed by atoms with Gasteiger partial charge in [0.25, 0.3) is 0 Å². The van der Waals surface area contributed by atoms with Crippen molar-refractivity contribution in [3.8, 4) is 23.0 Å². The number of methoxy groups -OCH3 is 2. The fraction of sp³-hybridized carbons (Fsp3) is 0.333. The van der Waals surface area contributed by atoms with Gasteiger partial charge in [0.1, 0.15) is 11.3 Å². The second kappa shape index (κ2) is 9.36. The van der Waals surface area contributed by atoms with Crippen LogP contribution in [0.25, 0.3) is 21.1 Å². The number of thiazole rings is 1. The Morgan fingerprint density at radius 1 is 1.06 bits per heavy atom. The molecule has 0 unspecified atom stereocenters. The van der Waals surface area contributed by atoms with E-state index in [0.29, 0.717) is 33.7 Å². The van der Waals surface area contributed by atoms with Crippen LogP contribution in [0.4, 0.5) is 9.52 Å². The number of hydrogen-bond acceptors (Lipinski definition) is 8. The zero-order valence-corrected chi connectivity index (χ0v) is 19.4. The topological polar surface area (TPSA) is 68.7 Å². The highest BCUT2D eigenvalue weighted by atomic mass is 32.1. The molecule has 0 bridgehead atoms. The van der Waals surface area contributed by atoms with E-state index in [2.05, 4.69) is 20.2 Å². The number of anilines is 1. The first-order valence-electron chi connectivity index (χ1n) is 10.9. The van der Waals surface area contributed by atoms with E-state index in [-0.39, 0.29) is 5.75 Å². The summed E-state index contributed by atoms with van der Waals surface area (Å²) in [5, 5.41) is 4.85. The first-order valence-corrected chi connectivity index (χ1v) is 11.7. The van der Waals surface area contributed by atoms with E-state index in [1.165, 1.54) is 30.2 Å². The molecule has 0 spiro atoms. The Labute approximate surface area is 195 Å². The number of aromatic nitrogens is 2. The SMILES string of the molecule is COc1ccc2c(Oc3cc4sc(NCCN5CCCC5)nc4cc3F)ccnc2c1OC. The lowest BCUT2D eigenvalue weighted by atomic mass is 10.1. The molecule has 5 rings (SSSR count). The molecule has 1 aliphatic heterocycles. The van der Waals surface area contributed by atoms with E-state index >= 15 is 0 Å². The summed E-state index contributed by atoms with van der Waals surface area (Å²) in [6, 6.07) is 8.42. The molecular formula is C24H25FN4O3S. The number of nitrogens with one attached hydrogen (secondary N) is 1. The van der Waals surface area contributed by atoms with Crippen LogP contribution in [0.2, 0.25) is 0 Å². The van der Waals surface area contributed by atoms with E-state index in [4.69, 9.17) is 14.2 Å². The van der Waals surface area contributed by atoms with E-state index in [1.807, 2.05) is 6.07 Å². The van der Waals surface area contributed by atoms with E-state index in [0.717, 1.165) is 36.0 Å². The van der Waals surface area contributed by atoms with Gasteiger partial charge in [-0.2, -0.15) is 0 Å². The smallest absolute Gasteiger partial charge is 0.187 e. The zero-order valence-electron chi connectivity index (χ0n) is 18.6. The molecule has 0 radical (unpaired) electrons. The molecule has 1 fully saturated rings. The van der Waals surface area contributed by atoms with Gasteiger partial charge in [0.15, 0.2) is 28.2 Å². The molecule has 0 saturated carbocycles. The van der Waals surface area contributed by atoms with Crippen LogP contribution in [0.15, 0.2) is 36.5 Å². The first kappa shape index (κ1) is 21.7. The average molecular weight is 469 g/mol. The summed E-state index contributed by atoms with van der Waals surface area (Å²) in [6.07, 6.45) is 4.15. The van der Waals surface area contributed by atoms with Crippen molar-refractivity contribution in [2.75, 3.05) is 45.7 Å². The molecule has 33 heavy (non-hydrogen) atoms. The van der Waals surface area contributed by atoms with Crippen molar-refractivity contribution in [2.24, 2.45) is 0 Å². The van der Waals surface area contributed by atoms with Crippen molar-refractivity contribution in [1.82, 2.24) is 14.9 Å². The van der Waals surface area contributed by atoms with Gasteiger partial charge in [-0.3, -0.25) is 4.98 Å². The third-order valence-electron chi connectivity index (χ3n) is 5.78. The molecule has 2 aromatic carbocycles. The quantitative estimate of drug-likeness (QED) is 0.376. The Kier molecular flexibility index (Phi) is 6.15. The lowest BCUT2D eigenvalue weighted by Crippen LogP contribution is -2.25. The first-order chi connectivity index (χ1) is 16.2. The average Bonchev–Trinajstić information content (AvgIpc) is 3.48. The number of likely N-dealkylation sites (tertiary alicyclic amines) is 1. The van der Waals surface area contributed by atoms with Gasteiger partial charge in [0.2, 0.25) is 0 Å². The van der Waals surface area contributed by atoms with Gasteiger partial charge in [-0.15, -0.1) is 0 Å². The lowest BCUT2D eigenvalue weighted by Gasteiger charge is -2.13. The van der Waals surface area contributed by atoms with E-state index in [9.17, 15) is 4.39 Å². The third-order valence-corrected chi connectivity index (χ3v) is 6.76. The summed E-state index contributed by atoms with van der Waals surface area (Å²) < 4.78 is 32.6. The number of halogens is 1. The zero-order chi connectivity index (χ0) is 22.8. The van der Waals surface area contributed by atoms with E-state index in [1.54, 1.807) is 38.6 Å². The molecule has 7 nitrogen and oxygen atoms in total. The van der Waals surface area contributed by atoms with Crippen molar-refractivity contribution in [1.29, 1.82) is 0 Å². The summed E-state index contributed by atoms with van der Waals surface area (Å²) in [7, 11) is 3.12. The Hall–Kier alpha value is -3.17. The molecular weight excluding hydrogens is 443 g/mol. The van der Waals surface area contributed by atoms with Gasteiger partial charge in [-0.1, -0.05) is 11.3 Å². The molecule has 4 aromatic rings. The minimum absolute atomic E-state index is 0.136. The van der Waals surface area contributed by atoms with Crippen LogP contribution in [0.3, 0.4) is 0 Å². The maximum absolute atomic E-state index is 14.9. The lowest BCUT2D eigenvalue weighted by molar-refractivity contribution is 0.352. The summed E-state index contributed by atoms with van der Waals surface area (Å²) in [4.78, 5) is 11.4. The minimum atomic E-state index is -0.471. The molecule has 2 aromatic heterocycles. The van der Waals surface area contributed by atoms with Gasteiger partial charge in [-0.05, 0) is 44.1 Å². The number of benzene rings is 2. The Morgan fingerprint density at radius 2 is 1.91 bits per heavy atom. The Morgan fingerprint density at radius 3 is 2.70 bits per heavy atom. The van der Waals surface area contributed by atoms with Crippen LogP contribution in [0.1, 0.15) is 12.8 Å². The van der Waals surface area contributed by atoms with Gasteiger partial charge in [0, 0.05) is 36.8 Å². The van der Waals surface area contributed by atoms with Crippen LogP contribution in [-0.2, 0) is 0 Å². The number of pyridine rings is 1. The Bertz CT molecular complexity index is 1290. The molecule has 1 saturated heterocycles. The Balaban J connectivity index is 1.39. The fourth-order valence-corrected chi connectivity index (χ4v) is 5.03. The number of fused-ring (bicyclic) bond motifs is 2. The van der Waals surface area contributed by atoms with Crippen molar-refractivity contribution in [3.63, 3.8) is 0 Å². The monoisotopic (exact) mass is 468 g/mol. The standard InChI is InChI=1S/C24H25FN4O3S/c1-30-19-6-5-15-18(7-8-26-22(15)23(19)31-2)32-20-14-21-17(13-16(20)25)28-24(33-21)27-9-12-29-10-3-4-11-29/h5-8,13-14H,3-4,9-12H2,1-2H3,(H,27,28). The molecule has 0 aliphatic carbocycles. The molecule has 0 amide bonds. The fourth-order valence-electron chi connectivity index (χ4n) is 4.13. The summed E-state index contributed by atoms with van der Waals surface area (Å²) in [5.74, 6) is 1.21. The molecule has 1 aliphatic rings. The molecule has 9 heteroatoms. The largest absolute Gasteiger partial charge is 0.493 e. The van der Waals surface area contributed by atoms with Crippen molar-refractivity contribution in [3.05, 3.63) is 42.3 Å². The predicted molar refractivity (Wildman–Crippen MR) is 129 cm³/mol. The second-order valence-electron chi connectivity index (χ2n) is 7.85. The van der Waals surface area contributed by atoms with Gasteiger partial charge in [0.05, 0.1) is 24.4 Å². The highest BCUT2D eigenvalue weighted by molar-refractivity contribution is 7.22. The van der Waals surface area contributed by atoms with Crippen LogP contribution in [0, 0.1) is 5.82 Å². The van der Waals surface area contributed by atoms with Crippen molar-refractivity contribution >= 4 is 37.6 Å². The summed E-state index contributed by atoms with van der Waals surface area (Å²) in [6.45, 7) is 4.13. The molecule has 3 heterocycles. The number of nitrogens with zero attached hydrogens (tertiary/aromatic N) is 3. The molecule has 1 N–H and O–H groups in total. The van der Waals surface area contributed by atoms with Crippen LogP contribution >= 0.6 is 11.3 Å². The highest BCUT2D eigenvalue weighted by Gasteiger charge is 2.17. The van der Waals surface area contributed by atoms with Gasteiger partial charge < -0.3 is 24.4 Å². The normalized spacial score (nSPS) is 14.2. The minimum Gasteiger partial charge on any atom is -0.493 e. The second-order valence-corrected chi connectivity index (χ2v) is 8.88. The third kappa shape index (κ3) is 4.38. The van der Waals surface area contributed by atoms with Crippen molar-refractivity contribution in [2.45, 2.75) is 12.8 Å². The number of hydrogen-bond donors (Lipinski definition) is 1. The number of rotatable bonds is 8. The van der Waals surface area contributed by atoms with Gasteiger partial charge >= 0.3 is 0 Å². The highest BCUT2D eigenvalue weighted by Crippen LogP contribution is 2.40.